The van der Waals surface area contributed by atoms with Crippen LogP contribution in [-0.2, 0) is 71.4 Å². The van der Waals surface area contributed by atoms with Crippen LogP contribution in [0.4, 0.5) is 0 Å². The minimum Gasteiger partial charge on any atom is -0.463 e. The van der Waals surface area contributed by atoms with Gasteiger partial charge in [0, 0.05) is 41.5 Å². The van der Waals surface area contributed by atoms with Gasteiger partial charge in [-0.05, 0) is 12.1 Å². The van der Waals surface area contributed by atoms with Gasteiger partial charge in [-0.2, -0.15) is 0 Å². The van der Waals surface area contributed by atoms with Crippen LogP contribution in [0, 0.1) is 0 Å². The Balaban J connectivity index is 1.86. The third kappa shape index (κ3) is 9.44. The van der Waals surface area contributed by atoms with Gasteiger partial charge in [0.05, 0.1) is 11.1 Å². The van der Waals surface area contributed by atoms with Gasteiger partial charge in [0.1, 0.15) is 37.6 Å². The first-order valence-electron chi connectivity index (χ1n) is 15.8. The SMILES string of the molecule is CC(=O)OC[C@H]1O[C@@H](O[C@H]2[C@H](OC(C)=O)[C@@H](OC(C)=O)C(O)O[C@@H]2COC(C)=O)[C@H](NN2C(=O)c3ccccc3C2=O)[C@@H](OC(C)=O)[C@@H]1OC(C)=O. The average Bonchev–Trinajstić information content (AvgIpc) is 3.28. The van der Waals surface area contributed by atoms with E-state index >= 15 is 0 Å². The molecule has 0 saturated carbocycles. The van der Waals surface area contributed by atoms with Crippen molar-refractivity contribution in [2.45, 2.75) is 103 Å². The Morgan fingerprint density at radius 1 is 0.635 bits per heavy atom. The molecule has 0 bridgehead atoms. The summed E-state index contributed by atoms with van der Waals surface area (Å²) in [7, 11) is 0. The highest BCUT2D eigenvalue weighted by Gasteiger charge is 2.57. The Morgan fingerprint density at radius 3 is 1.56 bits per heavy atom. The molecule has 2 amide bonds. The molecule has 3 aliphatic heterocycles. The normalized spacial score (nSPS) is 29.7. The minimum atomic E-state index is -1.95. The van der Waals surface area contributed by atoms with Crippen LogP contribution in [0.2, 0.25) is 0 Å². The maximum atomic E-state index is 13.5. The summed E-state index contributed by atoms with van der Waals surface area (Å²) in [5, 5.41) is 11.4. The molecule has 0 aliphatic carbocycles. The number of ether oxygens (including phenoxy) is 9. The number of rotatable bonds is 12. The van der Waals surface area contributed by atoms with E-state index in [4.69, 9.17) is 42.6 Å². The molecule has 3 aliphatic rings. The number of nitrogens with zero attached hydrogens (tertiary/aromatic N) is 1. The maximum absolute atomic E-state index is 13.5. The van der Waals surface area contributed by atoms with E-state index in [2.05, 4.69) is 5.43 Å². The second-order valence-electron chi connectivity index (χ2n) is 11.8. The molecular weight excluding hydrogens is 700 g/mol. The van der Waals surface area contributed by atoms with Crippen LogP contribution < -0.4 is 5.43 Å². The number of amides is 2. The summed E-state index contributed by atoms with van der Waals surface area (Å²) in [6.07, 6.45) is -15.2. The van der Waals surface area contributed by atoms with Crippen molar-refractivity contribution in [1.82, 2.24) is 10.4 Å². The number of hydrazine groups is 1. The lowest BCUT2D eigenvalue weighted by atomic mass is 9.95. The van der Waals surface area contributed by atoms with E-state index in [1.165, 1.54) is 24.3 Å². The van der Waals surface area contributed by atoms with Crippen LogP contribution in [0.25, 0.3) is 0 Å². The zero-order valence-electron chi connectivity index (χ0n) is 28.8. The topological polar surface area (TPSA) is 255 Å². The third-order valence-electron chi connectivity index (χ3n) is 7.73. The van der Waals surface area contributed by atoms with Gasteiger partial charge in [-0.15, -0.1) is 0 Å². The van der Waals surface area contributed by atoms with Gasteiger partial charge in [-0.3, -0.25) is 38.4 Å². The lowest BCUT2D eigenvalue weighted by Crippen LogP contribution is -2.70. The summed E-state index contributed by atoms with van der Waals surface area (Å²) in [5.74, 6) is -6.95. The molecule has 2 fully saturated rings. The van der Waals surface area contributed by atoms with Crippen molar-refractivity contribution in [3.8, 4) is 0 Å². The lowest BCUT2D eigenvalue weighted by molar-refractivity contribution is -0.345. The lowest BCUT2D eigenvalue weighted by Gasteiger charge is -2.49. The molecule has 20 nitrogen and oxygen atoms in total. The van der Waals surface area contributed by atoms with Crippen molar-refractivity contribution >= 4 is 47.6 Å². The predicted molar refractivity (Wildman–Crippen MR) is 164 cm³/mol. The number of aliphatic hydroxyl groups is 1. The van der Waals surface area contributed by atoms with Crippen LogP contribution in [0.1, 0.15) is 62.3 Å². The van der Waals surface area contributed by atoms with Gasteiger partial charge in [-0.1, -0.05) is 12.1 Å². The van der Waals surface area contributed by atoms with Crippen molar-refractivity contribution in [2.75, 3.05) is 13.2 Å². The molecule has 1 unspecified atom stereocenters. The van der Waals surface area contributed by atoms with Gasteiger partial charge in [0.25, 0.3) is 11.8 Å². The van der Waals surface area contributed by atoms with Crippen LogP contribution in [-0.4, -0.2) is 132 Å². The van der Waals surface area contributed by atoms with E-state index in [1.807, 2.05) is 0 Å². The smallest absolute Gasteiger partial charge is 0.303 e. The summed E-state index contributed by atoms with van der Waals surface area (Å²) in [6.45, 7) is 4.96. The fraction of sp³-hybridized carbons (Fsp3) is 0.562. The van der Waals surface area contributed by atoms with Crippen molar-refractivity contribution in [3.05, 3.63) is 35.4 Å². The Kier molecular flexibility index (Phi) is 13.0. The van der Waals surface area contributed by atoms with Gasteiger partial charge < -0.3 is 47.7 Å². The fourth-order valence-electron chi connectivity index (χ4n) is 5.80. The summed E-state index contributed by atoms with van der Waals surface area (Å²) in [6, 6.07) is 4.17. The average molecular weight is 739 g/mol. The number of imide groups is 1. The Bertz CT molecular complexity index is 1550. The second-order valence-corrected chi connectivity index (χ2v) is 11.8. The molecule has 2 saturated heterocycles. The molecule has 20 heteroatoms. The number of fused-ring (bicyclic) bond motifs is 1. The summed E-state index contributed by atoms with van der Waals surface area (Å²) >= 11 is 0. The number of esters is 6. The molecule has 1 aromatic rings. The van der Waals surface area contributed by atoms with E-state index in [-0.39, 0.29) is 11.1 Å². The Hall–Kier alpha value is -5.02. The molecule has 4 rings (SSSR count). The number of nitrogens with one attached hydrogen (secondary N) is 1. The second kappa shape index (κ2) is 17.0. The molecule has 284 valence electrons. The van der Waals surface area contributed by atoms with E-state index < -0.39 is 122 Å². The van der Waals surface area contributed by atoms with E-state index in [0.29, 0.717) is 5.01 Å². The fourth-order valence-corrected chi connectivity index (χ4v) is 5.80. The van der Waals surface area contributed by atoms with Crippen LogP contribution in [0.15, 0.2) is 24.3 Å². The monoisotopic (exact) mass is 738 g/mol. The predicted octanol–water partition coefficient (Wildman–Crippen LogP) is -1.16. The summed E-state index contributed by atoms with van der Waals surface area (Å²) in [4.78, 5) is 99.9. The van der Waals surface area contributed by atoms with Gasteiger partial charge in [0.15, 0.2) is 37.0 Å². The van der Waals surface area contributed by atoms with E-state index in [9.17, 15) is 43.5 Å². The highest BCUT2D eigenvalue weighted by atomic mass is 16.7. The Labute approximate surface area is 295 Å². The van der Waals surface area contributed by atoms with E-state index in [0.717, 1.165) is 41.5 Å². The van der Waals surface area contributed by atoms with Crippen molar-refractivity contribution in [2.24, 2.45) is 0 Å². The third-order valence-corrected chi connectivity index (χ3v) is 7.73. The van der Waals surface area contributed by atoms with Crippen LogP contribution in [0.5, 0.6) is 0 Å². The molecule has 2 N–H and O–H groups in total. The molecule has 10 atom stereocenters. The largest absolute Gasteiger partial charge is 0.463 e. The van der Waals surface area contributed by atoms with E-state index in [1.54, 1.807) is 0 Å². The Morgan fingerprint density at radius 2 is 1.08 bits per heavy atom. The highest BCUT2D eigenvalue weighted by Crippen LogP contribution is 2.34. The van der Waals surface area contributed by atoms with Crippen molar-refractivity contribution < 1.29 is 86.1 Å². The number of hydrogen-bond acceptors (Lipinski definition) is 19. The van der Waals surface area contributed by atoms with Crippen molar-refractivity contribution in [3.63, 3.8) is 0 Å². The molecule has 0 aromatic heterocycles. The van der Waals surface area contributed by atoms with Gasteiger partial charge in [0.2, 0.25) is 0 Å². The molecule has 1 aromatic carbocycles. The molecule has 0 radical (unpaired) electrons. The minimum absolute atomic E-state index is 0.0118. The molecule has 52 heavy (non-hydrogen) atoms. The van der Waals surface area contributed by atoms with Crippen LogP contribution >= 0.6 is 0 Å². The summed E-state index contributed by atoms with van der Waals surface area (Å²) < 4.78 is 50.0. The number of carbonyl (C=O) groups is 8. The number of hydrogen-bond donors (Lipinski definition) is 2. The van der Waals surface area contributed by atoms with Gasteiger partial charge >= 0.3 is 35.8 Å². The first kappa shape index (κ1) is 39.8. The number of aliphatic hydroxyl groups excluding tert-OH is 1. The van der Waals surface area contributed by atoms with Crippen molar-refractivity contribution in [1.29, 1.82) is 0 Å². The zero-order chi connectivity index (χ0) is 38.4. The number of benzene rings is 1. The maximum Gasteiger partial charge on any atom is 0.303 e. The quantitative estimate of drug-likeness (QED) is 0.146. The standard InChI is InChI=1S/C32H38N2O18/c1-13(35)44-11-21-25(27(48-17(5)39)28(31(43)50-21)49-18(6)40)52-32-23(33-34-29(41)19-9-7-8-10-20(19)30(34)42)26(47-16(4)38)24(46-15(3)37)22(51-32)12-45-14(2)36/h7-10,21-28,31-33,43H,11-12H2,1-6H3/t21-,22-,23-,24-,25-,26-,27+,28-,31?,32+/m1/s1. The zero-order valence-corrected chi connectivity index (χ0v) is 28.8. The van der Waals surface area contributed by atoms with Crippen LogP contribution in [0.3, 0.4) is 0 Å². The first-order valence-corrected chi connectivity index (χ1v) is 15.8. The molecule has 3 heterocycles. The first-order chi connectivity index (χ1) is 24.5. The molecule has 0 spiro atoms. The number of carbonyl (C=O) groups excluding carboxylic acids is 8. The van der Waals surface area contributed by atoms with Gasteiger partial charge in [-0.25, -0.2) is 10.4 Å². The molecular formula is C32H38N2O18. The highest BCUT2D eigenvalue weighted by molar-refractivity contribution is 6.21. The summed E-state index contributed by atoms with van der Waals surface area (Å²) in [5.41, 5.74) is 2.68.